The van der Waals surface area contributed by atoms with Gasteiger partial charge in [-0.05, 0) is 20.3 Å². The van der Waals surface area contributed by atoms with Crippen molar-refractivity contribution in [3.05, 3.63) is 4.91 Å². The van der Waals surface area contributed by atoms with Crippen LogP contribution in [0.25, 0.3) is 0 Å². The summed E-state index contributed by atoms with van der Waals surface area (Å²) >= 11 is 0. The highest BCUT2D eigenvalue weighted by Gasteiger charge is 2.16. The summed E-state index contributed by atoms with van der Waals surface area (Å²) in [4.78, 5) is 10.4. The topological polar surface area (TPSA) is 29.4 Å². The van der Waals surface area contributed by atoms with Crippen molar-refractivity contribution in [2.24, 2.45) is 5.18 Å². The molecule has 0 aliphatic carbocycles. The van der Waals surface area contributed by atoms with Gasteiger partial charge in [-0.1, -0.05) is 63.5 Å². The van der Waals surface area contributed by atoms with E-state index in [1.807, 2.05) is 13.8 Å². The lowest BCUT2D eigenvalue weighted by molar-refractivity contribution is 0.440. The van der Waals surface area contributed by atoms with Crippen molar-refractivity contribution in [1.29, 1.82) is 0 Å². The molecule has 0 aliphatic heterocycles. The Morgan fingerprint density at radius 3 is 1.80 bits per heavy atom. The zero-order chi connectivity index (χ0) is 11.6. The van der Waals surface area contributed by atoms with Gasteiger partial charge in [0.1, 0.15) is 0 Å². The van der Waals surface area contributed by atoms with Crippen LogP contribution < -0.4 is 0 Å². The normalized spacial score (nSPS) is 11.7. The second-order valence-electron chi connectivity index (χ2n) is 5.13. The summed E-state index contributed by atoms with van der Waals surface area (Å²) in [5.74, 6) is 0. The standard InChI is InChI=1S/C13H27NO/c1-4-5-6-7-8-9-10-11-12-13(2,3)14-15/h4-12H2,1-3H3. The average molecular weight is 213 g/mol. The van der Waals surface area contributed by atoms with Gasteiger partial charge in [0.15, 0.2) is 0 Å². The molecule has 0 rings (SSSR count). The fourth-order valence-electron chi connectivity index (χ4n) is 1.74. The lowest BCUT2D eigenvalue weighted by atomic mass is 9.97. The molecule has 0 bridgehead atoms. The second kappa shape index (κ2) is 8.87. The largest absolute Gasteiger partial charge is 0.150 e. The van der Waals surface area contributed by atoms with E-state index in [9.17, 15) is 4.91 Å². The van der Waals surface area contributed by atoms with Crippen molar-refractivity contribution >= 4 is 0 Å². The second-order valence-corrected chi connectivity index (χ2v) is 5.13. The number of rotatable bonds is 10. The van der Waals surface area contributed by atoms with Crippen LogP contribution in [0.3, 0.4) is 0 Å². The first-order chi connectivity index (χ1) is 7.12. The van der Waals surface area contributed by atoms with Crippen molar-refractivity contribution in [3.8, 4) is 0 Å². The van der Waals surface area contributed by atoms with Gasteiger partial charge in [0, 0.05) is 0 Å². The molecule has 2 heteroatoms. The van der Waals surface area contributed by atoms with E-state index in [0.717, 1.165) is 12.8 Å². The Morgan fingerprint density at radius 2 is 1.33 bits per heavy atom. The molecule has 0 fully saturated rings. The summed E-state index contributed by atoms with van der Waals surface area (Å²) in [5, 5.41) is 3.13. The molecule has 0 aromatic carbocycles. The molecular weight excluding hydrogens is 186 g/mol. The Labute approximate surface area is 94.8 Å². The molecular formula is C13H27NO. The Bertz CT molecular complexity index is 155. The van der Waals surface area contributed by atoms with E-state index in [0.29, 0.717) is 0 Å². The highest BCUT2D eigenvalue weighted by atomic mass is 16.3. The molecule has 0 aromatic heterocycles. The quantitative estimate of drug-likeness (QED) is 0.368. The Kier molecular flexibility index (Phi) is 8.64. The molecule has 0 spiro atoms. The SMILES string of the molecule is CCCCCCCCCCC(C)(C)N=O. The van der Waals surface area contributed by atoms with Gasteiger partial charge in [-0.3, -0.25) is 0 Å². The van der Waals surface area contributed by atoms with Crippen molar-refractivity contribution in [3.63, 3.8) is 0 Å². The van der Waals surface area contributed by atoms with Crippen LogP contribution in [0.2, 0.25) is 0 Å². The maximum absolute atomic E-state index is 10.4. The smallest absolute Gasteiger partial charge is 0.0970 e. The van der Waals surface area contributed by atoms with Crippen LogP contribution in [0.5, 0.6) is 0 Å². The predicted molar refractivity (Wildman–Crippen MR) is 67.1 cm³/mol. The van der Waals surface area contributed by atoms with Crippen molar-refractivity contribution in [2.75, 3.05) is 0 Å². The average Bonchev–Trinajstić information content (AvgIpc) is 2.22. The maximum atomic E-state index is 10.4. The molecule has 0 amide bonds. The van der Waals surface area contributed by atoms with Crippen LogP contribution in [0.15, 0.2) is 5.18 Å². The summed E-state index contributed by atoms with van der Waals surface area (Å²) in [6.07, 6.45) is 11.5. The molecule has 0 atom stereocenters. The summed E-state index contributed by atoms with van der Waals surface area (Å²) in [5.41, 5.74) is -0.345. The molecule has 0 saturated carbocycles. The van der Waals surface area contributed by atoms with Gasteiger partial charge in [0.25, 0.3) is 0 Å². The van der Waals surface area contributed by atoms with Gasteiger partial charge in [0.2, 0.25) is 0 Å². The minimum atomic E-state index is -0.345. The zero-order valence-electron chi connectivity index (χ0n) is 10.7. The molecule has 2 nitrogen and oxygen atoms in total. The molecule has 0 N–H and O–H groups in total. The van der Waals surface area contributed by atoms with Gasteiger partial charge >= 0.3 is 0 Å². The molecule has 15 heavy (non-hydrogen) atoms. The molecule has 0 radical (unpaired) electrons. The van der Waals surface area contributed by atoms with E-state index < -0.39 is 0 Å². The molecule has 0 aliphatic rings. The Morgan fingerprint density at radius 1 is 0.867 bits per heavy atom. The molecule has 0 unspecified atom stereocenters. The third kappa shape index (κ3) is 9.89. The van der Waals surface area contributed by atoms with Crippen molar-refractivity contribution in [1.82, 2.24) is 0 Å². The highest BCUT2D eigenvalue weighted by molar-refractivity contribution is 4.75. The van der Waals surface area contributed by atoms with E-state index >= 15 is 0 Å². The number of hydrogen-bond donors (Lipinski definition) is 0. The molecule has 90 valence electrons. The van der Waals surface area contributed by atoms with Crippen LogP contribution in [0, 0.1) is 4.91 Å². The summed E-state index contributed by atoms with van der Waals surface area (Å²) < 4.78 is 0. The zero-order valence-corrected chi connectivity index (χ0v) is 10.7. The minimum Gasteiger partial charge on any atom is -0.150 e. The predicted octanol–water partition coefficient (Wildman–Crippen LogP) is 5.06. The first-order valence-electron chi connectivity index (χ1n) is 6.47. The van der Waals surface area contributed by atoms with Gasteiger partial charge in [-0.25, -0.2) is 0 Å². The van der Waals surface area contributed by atoms with Crippen LogP contribution in [0.1, 0.15) is 78.6 Å². The number of nitrogens with zero attached hydrogens (tertiary/aromatic N) is 1. The van der Waals surface area contributed by atoms with E-state index in [1.165, 1.54) is 44.9 Å². The third-order valence-electron chi connectivity index (χ3n) is 2.89. The van der Waals surface area contributed by atoms with Crippen molar-refractivity contribution in [2.45, 2.75) is 84.1 Å². The monoisotopic (exact) mass is 213 g/mol. The Hall–Kier alpha value is -0.400. The first kappa shape index (κ1) is 14.6. The van der Waals surface area contributed by atoms with Gasteiger partial charge in [-0.15, -0.1) is 0 Å². The number of nitroso groups, excluding NO2 is 1. The fourth-order valence-corrected chi connectivity index (χ4v) is 1.74. The van der Waals surface area contributed by atoms with Gasteiger partial charge < -0.3 is 0 Å². The lowest BCUT2D eigenvalue weighted by Crippen LogP contribution is -2.14. The number of unbranched alkanes of at least 4 members (excludes halogenated alkanes) is 7. The van der Waals surface area contributed by atoms with Crippen LogP contribution in [-0.4, -0.2) is 5.54 Å². The maximum Gasteiger partial charge on any atom is 0.0970 e. The van der Waals surface area contributed by atoms with Crippen molar-refractivity contribution < 1.29 is 0 Å². The van der Waals surface area contributed by atoms with E-state index in [1.54, 1.807) is 0 Å². The van der Waals surface area contributed by atoms with E-state index in [4.69, 9.17) is 0 Å². The number of hydrogen-bond acceptors (Lipinski definition) is 2. The van der Waals surface area contributed by atoms with E-state index in [-0.39, 0.29) is 5.54 Å². The van der Waals surface area contributed by atoms with Crippen LogP contribution in [-0.2, 0) is 0 Å². The minimum absolute atomic E-state index is 0.345. The Balaban J connectivity index is 3.15. The first-order valence-corrected chi connectivity index (χ1v) is 6.47. The third-order valence-corrected chi connectivity index (χ3v) is 2.89. The fraction of sp³-hybridized carbons (Fsp3) is 1.00. The molecule has 0 heterocycles. The molecule has 0 saturated heterocycles. The summed E-state index contributed by atoms with van der Waals surface area (Å²) in [7, 11) is 0. The van der Waals surface area contributed by atoms with Crippen LogP contribution >= 0.6 is 0 Å². The molecule has 0 aromatic rings. The highest BCUT2D eigenvalue weighted by Crippen LogP contribution is 2.18. The summed E-state index contributed by atoms with van der Waals surface area (Å²) in [6.45, 7) is 6.08. The van der Waals surface area contributed by atoms with Crippen LogP contribution in [0.4, 0.5) is 0 Å². The lowest BCUT2D eigenvalue weighted by Gasteiger charge is -2.14. The van der Waals surface area contributed by atoms with E-state index in [2.05, 4.69) is 12.1 Å². The summed E-state index contributed by atoms with van der Waals surface area (Å²) in [6, 6.07) is 0. The van der Waals surface area contributed by atoms with Gasteiger partial charge in [-0.2, -0.15) is 4.91 Å². The van der Waals surface area contributed by atoms with Gasteiger partial charge in [0.05, 0.1) is 5.54 Å².